The number of hydrogen-bond acceptors (Lipinski definition) is 2. The van der Waals surface area contributed by atoms with Gasteiger partial charge in [0.05, 0.1) is 21.9 Å². The Hall–Kier alpha value is -0.880. The number of carbonyl (C=O) groups excluding carboxylic acids is 1. The summed E-state index contributed by atoms with van der Waals surface area (Å²) in [6, 6.07) is 9.76. The highest BCUT2D eigenvalue weighted by molar-refractivity contribution is 9.10. The Bertz CT molecular complexity index is 644. The smallest absolute Gasteiger partial charge is 0.279 e. The van der Waals surface area contributed by atoms with Gasteiger partial charge in [0.15, 0.2) is 6.54 Å². The first-order valence-corrected chi connectivity index (χ1v) is 8.54. The van der Waals surface area contributed by atoms with E-state index < -0.39 is 0 Å². The first kappa shape index (κ1) is 16.5. The molecule has 1 atom stereocenters. The topological polar surface area (TPSA) is 33.5 Å². The van der Waals surface area contributed by atoms with E-state index in [4.69, 9.17) is 11.6 Å². The van der Waals surface area contributed by atoms with Crippen molar-refractivity contribution in [2.45, 2.75) is 13.5 Å². The maximum Gasteiger partial charge on any atom is 0.279 e. The van der Waals surface area contributed by atoms with Crippen molar-refractivity contribution in [3.8, 4) is 0 Å². The van der Waals surface area contributed by atoms with E-state index in [9.17, 15) is 4.79 Å². The Balaban J connectivity index is 1.89. The molecule has 1 aromatic heterocycles. The Morgan fingerprint density at radius 2 is 2.14 bits per heavy atom. The van der Waals surface area contributed by atoms with Crippen LogP contribution in [0.1, 0.15) is 10.4 Å². The molecule has 0 radical (unpaired) electrons. The molecule has 0 bridgehead atoms. The second-order valence-electron chi connectivity index (χ2n) is 5.05. The zero-order valence-electron chi connectivity index (χ0n) is 11.9. The summed E-state index contributed by atoms with van der Waals surface area (Å²) in [5, 5.41) is 2.93. The molecule has 0 aliphatic heterocycles. The van der Waals surface area contributed by atoms with Crippen molar-refractivity contribution in [1.29, 1.82) is 0 Å². The largest absolute Gasteiger partial charge is 0.325 e. The number of halogens is 2. The van der Waals surface area contributed by atoms with Gasteiger partial charge in [0.2, 0.25) is 0 Å². The molecule has 2 N–H and O–H groups in total. The molecule has 0 fully saturated rings. The minimum atomic E-state index is -0.000272. The van der Waals surface area contributed by atoms with E-state index >= 15 is 0 Å². The molecular weight excluding hydrogens is 372 g/mol. The molecule has 21 heavy (non-hydrogen) atoms. The van der Waals surface area contributed by atoms with Gasteiger partial charge >= 0.3 is 0 Å². The number of carbonyl (C=O) groups is 1. The number of likely N-dealkylation sites (N-methyl/N-ethyl adjacent to an activating group) is 1. The highest BCUT2D eigenvalue weighted by Gasteiger charge is 2.13. The molecule has 0 aliphatic rings. The van der Waals surface area contributed by atoms with Gasteiger partial charge in [-0.25, -0.2) is 0 Å². The molecule has 112 valence electrons. The van der Waals surface area contributed by atoms with E-state index in [1.165, 1.54) is 4.88 Å². The van der Waals surface area contributed by atoms with Crippen LogP contribution in [0.15, 0.2) is 34.8 Å². The lowest BCUT2D eigenvalue weighted by Crippen LogP contribution is -3.08. The zero-order valence-corrected chi connectivity index (χ0v) is 15.0. The van der Waals surface area contributed by atoms with E-state index in [0.717, 1.165) is 31.5 Å². The zero-order chi connectivity index (χ0) is 15.4. The summed E-state index contributed by atoms with van der Waals surface area (Å²) >= 11 is 10.9. The third kappa shape index (κ3) is 5.11. The lowest BCUT2D eigenvalue weighted by atomic mass is 10.2. The van der Waals surface area contributed by atoms with Crippen molar-refractivity contribution < 1.29 is 9.69 Å². The van der Waals surface area contributed by atoms with E-state index in [-0.39, 0.29) is 5.91 Å². The normalized spacial score (nSPS) is 12.2. The number of thiophene rings is 1. The van der Waals surface area contributed by atoms with Crippen molar-refractivity contribution in [3.63, 3.8) is 0 Å². The summed E-state index contributed by atoms with van der Waals surface area (Å²) in [7, 11) is 2.00. The molecule has 1 unspecified atom stereocenters. The van der Waals surface area contributed by atoms with Crippen molar-refractivity contribution in [1.82, 2.24) is 0 Å². The van der Waals surface area contributed by atoms with Crippen molar-refractivity contribution >= 4 is 50.5 Å². The second-order valence-corrected chi connectivity index (χ2v) is 7.70. The van der Waals surface area contributed by atoms with Gasteiger partial charge in [-0.1, -0.05) is 17.7 Å². The molecule has 3 nitrogen and oxygen atoms in total. The van der Waals surface area contributed by atoms with Crippen LogP contribution in [-0.2, 0) is 11.3 Å². The van der Waals surface area contributed by atoms with Gasteiger partial charge in [-0.3, -0.25) is 4.79 Å². The van der Waals surface area contributed by atoms with Crippen LogP contribution in [0, 0.1) is 6.92 Å². The van der Waals surface area contributed by atoms with Gasteiger partial charge in [-0.05, 0) is 52.7 Å². The third-order valence-electron chi connectivity index (χ3n) is 2.97. The number of nitrogens with one attached hydrogen (secondary N) is 2. The van der Waals surface area contributed by atoms with Gasteiger partial charge in [0.25, 0.3) is 5.91 Å². The maximum atomic E-state index is 12.1. The molecule has 1 aromatic carbocycles. The summed E-state index contributed by atoms with van der Waals surface area (Å²) in [6.07, 6.45) is 0. The fraction of sp³-hybridized carbons (Fsp3) is 0.267. The highest BCUT2D eigenvalue weighted by atomic mass is 79.9. The average molecular weight is 389 g/mol. The summed E-state index contributed by atoms with van der Waals surface area (Å²) in [5.41, 5.74) is 1.95. The SMILES string of the molecule is Cc1ccc(NC(=O)C[NH+](C)Cc2ccc(Cl)s2)c(Br)c1. The molecule has 1 amide bonds. The van der Waals surface area contributed by atoms with Crippen LogP contribution < -0.4 is 10.2 Å². The molecule has 2 aromatic rings. The Morgan fingerprint density at radius 1 is 1.38 bits per heavy atom. The van der Waals surface area contributed by atoms with E-state index in [1.807, 2.05) is 44.3 Å². The van der Waals surface area contributed by atoms with Crippen LogP contribution in [0.3, 0.4) is 0 Å². The van der Waals surface area contributed by atoms with Crippen molar-refractivity contribution in [2.75, 3.05) is 18.9 Å². The lowest BCUT2D eigenvalue weighted by Gasteiger charge is -2.13. The van der Waals surface area contributed by atoms with Crippen LogP contribution in [0.5, 0.6) is 0 Å². The van der Waals surface area contributed by atoms with Crippen LogP contribution in [-0.4, -0.2) is 19.5 Å². The number of hydrogen-bond donors (Lipinski definition) is 2. The Labute approximate surface area is 142 Å². The number of benzene rings is 1. The first-order valence-electron chi connectivity index (χ1n) is 6.55. The van der Waals surface area contributed by atoms with Gasteiger partial charge in [0, 0.05) is 4.47 Å². The second kappa shape index (κ2) is 7.40. The fourth-order valence-corrected chi connectivity index (χ4v) is 3.79. The number of aryl methyl sites for hydroxylation is 1. The molecule has 0 spiro atoms. The Kier molecular flexibility index (Phi) is 5.81. The lowest BCUT2D eigenvalue weighted by molar-refractivity contribution is -0.884. The predicted molar refractivity (Wildman–Crippen MR) is 92.3 cm³/mol. The number of quaternary nitrogens is 1. The van der Waals surface area contributed by atoms with E-state index in [1.54, 1.807) is 11.3 Å². The van der Waals surface area contributed by atoms with Crippen LogP contribution >= 0.6 is 38.9 Å². The summed E-state index contributed by atoms with van der Waals surface area (Å²) < 4.78 is 1.68. The fourth-order valence-electron chi connectivity index (χ4n) is 2.00. The van der Waals surface area contributed by atoms with Gasteiger partial charge in [-0.2, -0.15) is 0 Å². The van der Waals surface area contributed by atoms with Crippen LogP contribution in [0.25, 0.3) is 0 Å². The van der Waals surface area contributed by atoms with E-state index in [2.05, 4.69) is 21.2 Å². The van der Waals surface area contributed by atoms with Gasteiger partial charge in [0.1, 0.15) is 6.54 Å². The van der Waals surface area contributed by atoms with E-state index in [0.29, 0.717) is 6.54 Å². The van der Waals surface area contributed by atoms with Gasteiger partial charge in [-0.15, -0.1) is 11.3 Å². The minimum absolute atomic E-state index is 0.000272. The third-order valence-corrected chi connectivity index (χ3v) is 4.85. The molecule has 0 aliphatic carbocycles. The summed E-state index contributed by atoms with van der Waals surface area (Å²) in [6.45, 7) is 3.22. The molecular formula is C15H17BrClN2OS+. The quantitative estimate of drug-likeness (QED) is 0.810. The molecule has 0 saturated carbocycles. The number of amides is 1. The van der Waals surface area contributed by atoms with Crippen molar-refractivity contribution in [2.24, 2.45) is 0 Å². The maximum absolute atomic E-state index is 12.1. The number of rotatable bonds is 5. The molecule has 6 heteroatoms. The monoisotopic (exact) mass is 387 g/mol. The summed E-state index contributed by atoms with van der Waals surface area (Å²) in [4.78, 5) is 14.4. The number of anilines is 1. The van der Waals surface area contributed by atoms with Gasteiger partial charge < -0.3 is 10.2 Å². The van der Waals surface area contributed by atoms with Crippen LogP contribution in [0.2, 0.25) is 4.34 Å². The molecule has 1 heterocycles. The summed E-state index contributed by atoms with van der Waals surface area (Å²) in [5.74, 6) is -0.000272. The average Bonchev–Trinajstić information content (AvgIpc) is 2.78. The highest BCUT2D eigenvalue weighted by Crippen LogP contribution is 2.23. The molecule has 2 rings (SSSR count). The standard InChI is InChI=1S/C15H16BrClN2OS/c1-10-3-5-13(12(16)7-10)18-15(20)9-19(2)8-11-4-6-14(17)21-11/h3-7H,8-9H2,1-2H3,(H,18,20)/p+1. The van der Waals surface area contributed by atoms with Crippen molar-refractivity contribution in [3.05, 3.63) is 49.6 Å². The predicted octanol–water partition coefficient (Wildman–Crippen LogP) is 3.13. The minimum Gasteiger partial charge on any atom is -0.325 e. The molecule has 0 saturated heterocycles. The first-order chi connectivity index (χ1) is 9.94. The van der Waals surface area contributed by atoms with Crippen LogP contribution in [0.4, 0.5) is 5.69 Å². The Morgan fingerprint density at radius 3 is 2.76 bits per heavy atom.